The molecule has 4 heteroatoms. The van der Waals surface area contributed by atoms with Crippen molar-refractivity contribution in [1.29, 1.82) is 0 Å². The summed E-state index contributed by atoms with van der Waals surface area (Å²) in [7, 11) is 0. The maximum absolute atomic E-state index is 6.47. The summed E-state index contributed by atoms with van der Waals surface area (Å²) in [4.78, 5) is 2.26. The van der Waals surface area contributed by atoms with E-state index in [9.17, 15) is 0 Å². The molecule has 0 N–H and O–H groups in total. The predicted molar refractivity (Wildman–Crippen MR) is 139 cm³/mol. The summed E-state index contributed by atoms with van der Waals surface area (Å²) in [5, 5.41) is 2.27. The molecule has 1 aromatic heterocycles. The van der Waals surface area contributed by atoms with Crippen LogP contribution >= 0.6 is 0 Å². The van der Waals surface area contributed by atoms with Crippen molar-refractivity contribution < 1.29 is 13.9 Å². The lowest BCUT2D eigenvalue weighted by Gasteiger charge is -2.41. The van der Waals surface area contributed by atoms with E-state index in [1.54, 1.807) is 0 Å². The zero-order valence-corrected chi connectivity index (χ0v) is 19.6. The van der Waals surface area contributed by atoms with Gasteiger partial charge in [0, 0.05) is 22.5 Å². The van der Waals surface area contributed by atoms with Crippen LogP contribution in [-0.4, -0.2) is 17.3 Å². The number of rotatable bonds is 2. The molecule has 0 spiro atoms. The van der Waals surface area contributed by atoms with Crippen LogP contribution in [0.25, 0.3) is 33.6 Å². The van der Waals surface area contributed by atoms with E-state index < -0.39 is 6.29 Å². The van der Waals surface area contributed by atoms with Gasteiger partial charge >= 0.3 is 0 Å². The normalized spacial score (nSPS) is 23.3. The van der Waals surface area contributed by atoms with Crippen LogP contribution in [0.3, 0.4) is 0 Å². The summed E-state index contributed by atoms with van der Waals surface area (Å²) in [5.74, 6) is 0.881. The second-order valence-corrected chi connectivity index (χ2v) is 9.34. The summed E-state index contributed by atoms with van der Waals surface area (Å²) in [6.45, 7) is 4.03. The SMILES string of the molecule is CC1=CC(C)O[C@@H](C2=Cc3ccc4c(oc5ccccc54)c3C3C=C(c4ccccc4)C=CN23)O1. The van der Waals surface area contributed by atoms with Crippen molar-refractivity contribution in [3.8, 4) is 0 Å². The number of allylic oxidation sites excluding steroid dienone is 3. The van der Waals surface area contributed by atoms with Crippen LogP contribution < -0.4 is 0 Å². The van der Waals surface area contributed by atoms with E-state index in [0.717, 1.165) is 44.5 Å². The molecule has 35 heavy (non-hydrogen) atoms. The molecule has 0 fully saturated rings. The Hall–Kier alpha value is -4.02. The highest BCUT2D eigenvalue weighted by molar-refractivity contribution is 6.07. The molecule has 3 atom stereocenters. The Morgan fingerprint density at radius 3 is 2.54 bits per heavy atom. The van der Waals surface area contributed by atoms with Crippen molar-refractivity contribution >= 4 is 33.6 Å². The minimum atomic E-state index is -0.478. The standard InChI is InChI=1S/C31H25NO3/c1-19-16-20(2)34-31(33-19)27-18-23-12-13-25-24-10-6-7-11-28(24)35-30(25)29(23)26-17-22(14-15-32(26)27)21-8-4-3-5-9-21/h3-19,26,31H,1-2H3/t19?,26?,31-/m1/s1. The third-order valence-electron chi connectivity index (χ3n) is 7.02. The van der Waals surface area contributed by atoms with E-state index in [-0.39, 0.29) is 12.1 Å². The molecule has 3 aromatic carbocycles. The molecule has 4 heterocycles. The molecule has 7 rings (SSSR count). The van der Waals surface area contributed by atoms with Crippen LogP contribution in [-0.2, 0) is 9.47 Å². The van der Waals surface area contributed by atoms with Crippen molar-refractivity contribution in [1.82, 2.24) is 4.90 Å². The lowest BCUT2D eigenvalue weighted by Crippen LogP contribution is -2.38. The highest BCUT2D eigenvalue weighted by Crippen LogP contribution is 2.46. The summed E-state index contributed by atoms with van der Waals surface area (Å²) in [5.41, 5.74) is 7.48. The van der Waals surface area contributed by atoms with Gasteiger partial charge in [-0.3, -0.25) is 0 Å². The van der Waals surface area contributed by atoms with E-state index in [1.807, 2.05) is 38.1 Å². The first-order chi connectivity index (χ1) is 17.2. The number of benzene rings is 3. The average Bonchev–Trinajstić information content (AvgIpc) is 3.26. The van der Waals surface area contributed by atoms with Gasteiger partial charge in [-0.25, -0.2) is 0 Å². The van der Waals surface area contributed by atoms with E-state index in [4.69, 9.17) is 13.9 Å². The summed E-state index contributed by atoms with van der Waals surface area (Å²) >= 11 is 0. The first kappa shape index (κ1) is 20.4. The molecule has 0 saturated heterocycles. The first-order valence-electron chi connectivity index (χ1n) is 12.1. The molecule has 172 valence electrons. The van der Waals surface area contributed by atoms with E-state index in [0.29, 0.717) is 0 Å². The topological polar surface area (TPSA) is 34.8 Å². The zero-order chi connectivity index (χ0) is 23.5. The zero-order valence-electron chi connectivity index (χ0n) is 19.6. The van der Waals surface area contributed by atoms with E-state index in [1.165, 1.54) is 11.1 Å². The molecule has 3 aliphatic heterocycles. The number of hydrogen-bond donors (Lipinski definition) is 0. The Morgan fingerprint density at radius 1 is 0.857 bits per heavy atom. The Balaban J connectivity index is 1.45. The molecule has 0 saturated carbocycles. The minimum Gasteiger partial charge on any atom is -0.464 e. The number of nitrogens with zero attached hydrogens (tertiary/aromatic N) is 1. The highest BCUT2D eigenvalue weighted by Gasteiger charge is 2.37. The van der Waals surface area contributed by atoms with Crippen molar-refractivity contribution in [3.05, 3.63) is 119 Å². The Kier molecular flexibility index (Phi) is 4.51. The fourth-order valence-electron chi connectivity index (χ4n) is 5.46. The fourth-order valence-corrected chi connectivity index (χ4v) is 5.46. The van der Waals surface area contributed by atoms with Gasteiger partial charge in [0.05, 0.1) is 23.6 Å². The molecular formula is C31H25NO3. The van der Waals surface area contributed by atoms with E-state index in [2.05, 4.69) is 77.9 Å². The van der Waals surface area contributed by atoms with Crippen molar-refractivity contribution in [2.45, 2.75) is 32.3 Å². The molecule has 0 radical (unpaired) electrons. The van der Waals surface area contributed by atoms with E-state index >= 15 is 0 Å². The maximum atomic E-state index is 6.47. The monoisotopic (exact) mass is 459 g/mol. The van der Waals surface area contributed by atoms with Gasteiger partial charge in [-0.2, -0.15) is 0 Å². The highest BCUT2D eigenvalue weighted by atomic mass is 16.7. The quantitative estimate of drug-likeness (QED) is 0.310. The van der Waals surface area contributed by atoms with Crippen LogP contribution in [0.4, 0.5) is 0 Å². The third-order valence-corrected chi connectivity index (χ3v) is 7.02. The second kappa shape index (κ2) is 7.76. The molecular weight excluding hydrogens is 434 g/mol. The smallest absolute Gasteiger partial charge is 0.241 e. The van der Waals surface area contributed by atoms with Crippen molar-refractivity contribution in [2.24, 2.45) is 0 Å². The molecule has 2 unspecified atom stereocenters. The van der Waals surface area contributed by atoms with Gasteiger partial charge in [-0.05, 0) is 67.0 Å². The number of hydrogen-bond acceptors (Lipinski definition) is 4. The van der Waals surface area contributed by atoms with Gasteiger partial charge in [0.1, 0.15) is 11.2 Å². The fraction of sp³-hybridized carbons (Fsp3) is 0.161. The lowest BCUT2D eigenvalue weighted by molar-refractivity contribution is -0.135. The summed E-state index contributed by atoms with van der Waals surface area (Å²) in [6.07, 6.45) is 10.3. The van der Waals surface area contributed by atoms with Gasteiger partial charge in [0.25, 0.3) is 0 Å². The average molecular weight is 460 g/mol. The predicted octanol–water partition coefficient (Wildman–Crippen LogP) is 7.56. The molecule has 0 aliphatic carbocycles. The number of ether oxygens (including phenoxy) is 2. The van der Waals surface area contributed by atoms with Gasteiger partial charge in [-0.15, -0.1) is 0 Å². The molecule has 0 bridgehead atoms. The van der Waals surface area contributed by atoms with Crippen LogP contribution in [0, 0.1) is 0 Å². The number of fused-ring (bicyclic) bond motifs is 7. The summed E-state index contributed by atoms with van der Waals surface area (Å²) < 4.78 is 18.9. The van der Waals surface area contributed by atoms with Gasteiger partial charge in [0.15, 0.2) is 0 Å². The Labute approximate surface area is 204 Å². The first-order valence-corrected chi connectivity index (χ1v) is 12.1. The largest absolute Gasteiger partial charge is 0.464 e. The van der Waals surface area contributed by atoms with Gasteiger partial charge < -0.3 is 18.8 Å². The van der Waals surface area contributed by atoms with Crippen molar-refractivity contribution in [3.63, 3.8) is 0 Å². The van der Waals surface area contributed by atoms with Crippen LogP contribution in [0.5, 0.6) is 0 Å². The Morgan fingerprint density at radius 2 is 1.69 bits per heavy atom. The third kappa shape index (κ3) is 3.25. The lowest BCUT2D eigenvalue weighted by atomic mass is 9.88. The maximum Gasteiger partial charge on any atom is 0.241 e. The Bertz CT molecular complexity index is 1590. The van der Waals surface area contributed by atoms with Gasteiger partial charge in [0.2, 0.25) is 6.29 Å². The van der Waals surface area contributed by atoms with Gasteiger partial charge in [-0.1, -0.05) is 54.6 Å². The molecule has 4 nitrogen and oxygen atoms in total. The molecule has 0 amide bonds. The van der Waals surface area contributed by atoms with Crippen LogP contribution in [0.15, 0.2) is 107 Å². The molecule has 4 aromatic rings. The van der Waals surface area contributed by atoms with Crippen LogP contribution in [0.1, 0.15) is 36.6 Å². The second-order valence-electron chi connectivity index (χ2n) is 9.34. The molecule has 3 aliphatic rings. The number of para-hydroxylation sites is 1. The minimum absolute atomic E-state index is 0.0171. The van der Waals surface area contributed by atoms with Crippen molar-refractivity contribution in [2.75, 3.05) is 0 Å². The van der Waals surface area contributed by atoms with Crippen LogP contribution in [0.2, 0.25) is 0 Å². The summed E-state index contributed by atoms with van der Waals surface area (Å²) in [6, 6.07) is 23.1. The number of furan rings is 1.